The maximum Gasteiger partial charge on any atom is 0.224 e. The van der Waals surface area contributed by atoms with Crippen LogP contribution in [0.25, 0.3) is 34.7 Å². The minimum atomic E-state index is 0.00872. The number of rotatable bonds is 5. The molecule has 0 aliphatic heterocycles. The monoisotopic (exact) mass is 399 g/mol. The van der Waals surface area contributed by atoms with Crippen molar-refractivity contribution in [2.45, 2.75) is 32.1 Å². The van der Waals surface area contributed by atoms with Gasteiger partial charge in [-0.25, -0.2) is 4.98 Å². The Bertz CT molecular complexity index is 1320. The van der Waals surface area contributed by atoms with E-state index in [9.17, 15) is 4.79 Å². The molecule has 1 aliphatic rings. The molecule has 0 aromatic carbocycles. The maximum atomic E-state index is 11.9. The SMILES string of the molecule is CCCC(=O)Nc1cncc(C2C=c3c(-c4nc5ccncc5[nH]4)n[nH]c3=CC2)c1. The Balaban J connectivity index is 1.50. The van der Waals surface area contributed by atoms with Crippen LogP contribution in [0.1, 0.15) is 37.7 Å². The molecule has 3 N–H and O–H groups in total. The van der Waals surface area contributed by atoms with Gasteiger partial charge in [-0.2, -0.15) is 5.10 Å². The summed E-state index contributed by atoms with van der Waals surface area (Å²) in [7, 11) is 0. The number of H-pyrrole nitrogens is 2. The van der Waals surface area contributed by atoms with Gasteiger partial charge in [0.1, 0.15) is 5.69 Å². The fourth-order valence-corrected chi connectivity index (χ4v) is 3.76. The molecule has 0 saturated heterocycles. The van der Waals surface area contributed by atoms with E-state index in [1.54, 1.807) is 18.6 Å². The van der Waals surface area contributed by atoms with Crippen molar-refractivity contribution >= 4 is 34.8 Å². The molecule has 8 heteroatoms. The van der Waals surface area contributed by atoms with Gasteiger partial charge >= 0.3 is 0 Å². The first-order valence-electron chi connectivity index (χ1n) is 10.0. The van der Waals surface area contributed by atoms with Crippen LogP contribution in [0.4, 0.5) is 5.69 Å². The molecular weight excluding hydrogens is 378 g/mol. The summed E-state index contributed by atoms with van der Waals surface area (Å²) >= 11 is 0. The van der Waals surface area contributed by atoms with Gasteiger partial charge in [0, 0.05) is 30.0 Å². The summed E-state index contributed by atoms with van der Waals surface area (Å²) in [4.78, 5) is 28.3. The highest BCUT2D eigenvalue weighted by molar-refractivity contribution is 5.90. The molecule has 1 amide bonds. The number of carbonyl (C=O) groups is 1. The van der Waals surface area contributed by atoms with Gasteiger partial charge in [0.25, 0.3) is 0 Å². The molecule has 1 aliphatic carbocycles. The highest BCUT2D eigenvalue weighted by Gasteiger charge is 2.17. The number of nitrogens with zero attached hydrogens (tertiary/aromatic N) is 4. The van der Waals surface area contributed by atoms with Crippen molar-refractivity contribution in [1.82, 2.24) is 30.1 Å². The predicted molar refractivity (Wildman–Crippen MR) is 115 cm³/mol. The summed E-state index contributed by atoms with van der Waals surface area (Å²) in [5.41, 5.74) is 4.28. The van der Waals surface area contributed by atoms with Crippen molar-refractivity contribution in [2.24, 2.45) is 0 Å². The Labute approximate surface area is 172 Å². The first-order chi connectivity index (χ1) is 14.7. The highest BCUT2D eigenvalue weighted by atomic mass is 16.1. The van der Waals surface area contributed by atoms with Crippen molar-refractivity contribution in [3.63, 3.8) is 0 Å². The fraction of sp³-hybridized carbons (Fsp3) is 0.227. The van der Waals surface area contributed by atoms with Gasteiger partial charge in [-0.1, -0.05) is 19.1 Å². The summed E-state index contributed by atoms with van der Waals surface area (Å²) in [5.74, 6) is 0.851. The zero-order valence-electron chi connectivity index (χ0n) is 16.5. The minimum Gasteiger partial charge on any atom is -0.335 e. The number of carbonyl (C=O) groups excluding carboxylic acids is 1. The molecule has 4 aromatic rings. The molecule has 5 rings (SSSR count). The molecule has 0 bridgehead atoms. The van der Waals surface area contributed by atoms with E-state index in [0.29, 0.717) is 12.2 Å². The molecule has 0 spiro atoms. The van der Waals surface area contributed by atoms with Gasteiger partial charge in [0.2, 0.25) is 5.91 Å². The second-order valence-electron chi connectivity index (χ2n) is 7.40. The Morgan fingerprint density at radius 2 is 2.20 bits per heavy atom. The van der Waals surface area contributed by atoms with Crippen LogP contribution < -0.4 is 15.9 Å². The molecule has 30 heavy (non-hydrogen) atoms. The lowest BCUT2D eigenvalue weighted by atomic mass is 9.92. The van der Waals surface area contributed by atoms with Crippen molar-refractivity contribution < 1.29 is 4.79 Å². The fourth-order valence-electron chi connectivity index (χ4n) is 3.76. The summed E-state index contributed by atoms with van der Waals surface area (Å²) in [6.45, 7) is 1.99. The van der Waals surface area contributed by atoms with Crippen molar-refractivity contribution in [3.8, 4) is 11.5 Å². The predicted octanol–water partition coefficient (Wildman–Crippen LogP) is 2.23. The Morgan fingerprint density at radius 3 is 3.07 bits per heavy atom. The summed E-state index contributed by atoms with van der Waals surface area (Å²) in [6.07, 6.45) is 13.5. The second-order valence-corrected chi connectivity index (χ2v) is 7.40. The number of pyridine rings is 2. The van der Waals surface area contributed by atoms with Gasteiger partial charge in [-0.15, -0.1) is 0 Å². The third-order valence-corrected chi connectivity index (χ3v) is 5.23. The van der Waals surface area contributed by atoms with E-state index in [4.69, 9.17) is 0 Å². The van der Waals surface area contributed by atoms with E-state index in [0.717, 1.165) is 51.4 Å². The van der Waals surface area contributed by atoms with E-state index < -0.39 is 0 Å². The minimum absolute atomic E-state index is 0.00872. The third kappa shape index (κ3) is 3.36. The van der Waals surface area contributed by atoms with Gasteiger partial charge < -0.3 is 10.3 Å². The highest BCUT2D eigenvalue weighted by Crippen LogP contribution is 2.25. The lowest BCUT2D eigenvalue weighted by Gasteiger charge is -2.14. The molecule has 0 radical (unpaired) electrons. The van der Waals surface area contributed by atoms with Gasteiger partial charge in [-0.3, -0.25) is 19.9 Å². The molecular formula is C22H21N7O. The van der Waals surface area contributed by atoms with E-state index >= 15 is 0 Å². The molecule has 0 fully saturated rings. The zero-order valence-corrected chi connectivity index (χ0v) is 16.5. The quantitative estimate of drug-likeness (QED) is 0.476. The average molecular weight is 399 g/mol. The number of hydrogen-bond acceptors (Lipinski definition) is 5. The maximum absolute atomic E-state index is 11.9. The normalized spacial score (nSPS) is 15.3. The van der Waals surface area contributed by atoms with Gasteiger partial charge in [-0.05, 0) is 30.5 Å². The topological polar surface area (TPSA) is 112 Å². The number of nitrogens with one attached hydrogen (secondary N) is 3. The van der Waals surface area contributed by atoms with Crippen molar-refractivity contribution in [1.29, 1.82) is 0 Å². The van der Waals surface area contributed by atoms with Crippen LogP contribution in [0.15, 0.2) is 36.9 Å². The first kappa shape index (κ1) is 18.2. The Kier molecular flexibility index (Phi) is 4.59. The largest absolute Gasteiger partial charge is 0.335 e. The number of amides is 1. The number of aromatic nitrogens is 6. The van der Waals surface area contributed by atoms with Crippen LogP contribution in [0.5, 0.6) is 0 Å². The number of hydrogen-bond donors (Lipinski definition) is 3. The number of fused-ring (bicyclic) bond motifs is 2. The van der Waals surface area contributed by atoms with Crippen LogP contribution in [-0.2, 0) is 4.79 Å². The molecule has 4 heterocycles. The van der Waals surface area contributed by atoms with Crippen molar-refractivity contribution in [2.75, 3.05) is 5.32 Å². The van der Waals surface area contributed by atoms with Crippen LogP contribution >= 0.6 is 0 Å². The number of aromatic amines is 2. The third-order valence-electron chi connectivity index (χ3n) is 5.23. The van der Waals surface area contributed by atoms with Crippen molar-refractivity contribution in [3.05, 3.63) is 53.1 Å². The van der Waals surface area contributed by atoms with E-state index in [1.807, 2.05) is 25.3 Å². The summed E-state index contributed by atoms with van der Waals surface area (Å²) < 4.78 is 0. The number of anilines is 1. The van der Waals surface area contributed by atoms with Crippen LogP contribution in [0.3, 0.4) is 0 Å². The molecule has 150 valence electrons. The van der Waals surface area contributed by atoms with E-state index in [2.05, 4.69) is 47.6 Å². The average Bonchev–Trinajstić information content (AvgIpc) is 3.37. The molecule has 8 nitrogen and oxygen atoms in total. The smallest absolute Gasteiger partial charge is 0.224 e. The summed E-state index contributed by atoms with van der Waals surface area (Å²) in [5, 5.41) is 12.5. The number of imidazole rings is 1. The lowest BCUT2D eigenvalue weighted by Crippen LogP contribution is -2.28. The zero-order chi connectivity index (χ0) is 20.5. The summed E-state index contributed by atoms with van der Waals surface area (Å²) in [6, 6.07) is 3.87. The molecule has 4 aromatic heterocycles. The van der Waals surface area contributed by atoms with Crippen LogP contribution in [0, 0.1) is 0 Å². The first-order valence-corrected chi connectivity index (χ1v) is 10.0. The van der Waals surface area contributed by atoms with Crippen LogP contribution in [-0.4, -0.2) is 36.0 Å². The van der Waals surface area contributed by atoms with Gasteiger partial charge in [0.15, 0.2) is 5.82 Å². The van der Waals surface area contributed by atoms with E-state index in [1.165, 1.54) is 0 Å². The molecule has 0 saturated carbocycles. The van der Waals surface area contributed by atoms with Crippen LogP contribution in [0.2, 0.25) is 0 Å². The second kappa shape index (κ2) is 7.55. The lowest BCUT2D eigenvalue weighted by molar-refractivity contribution is -0.116. The molecule has 1 unspecified atom stereocenters. The Morgan fingerprint density at radius 1 is 1.27 bits per heavy atom. The standard InChI is InChI=1S/C22H21N7O/c1-2-3-20(30)25-15-8-14(10-24-11-15)13-4-5-17-16(9-13)21(29-28-17)22-26-18-6-7-23-12-19(18)27-22/h5-13,28H,2-4H2,1H3,(H,25,30)(H,26,27). The van der Waals surface area contributed by atoms with E-state index in [-0.39, 0.29) is 11.8 Å². The molecule has 1 atom stereocenters. The van der Waals surface area contributed by atoms with Gasteiger partial charge in [0.05, 0.1) is 34.5 Å². The Hall–Kier alpha value is -3.81.